The number of nitrogen functional groups attached to an aromatic ring is 1. The van der Waals surface area contributed by atoms with Gasteiger partial charge in [-0.05, 0) is 24.3 Å². The number of hydrogen-bond donors (Lipinski definition) is 2. The van der Waals surface area contributed by atoms with E-state index >= 15 is 0 Å². The predicted molar refractivity (Wildman–Crippen MR) is 76.5 cm³/mol. The molecule has 2 heterocycles. The number of pyridine rings is 2. The van der Waals surface area contributed by atoms with Crippen LogP contribution in [0.4, 0.5) is 5.82 Å². The number of nitrogens with zero attached hydrogens (tertiary/aromatic N) is 3. The molecule has 0 atom stereocenters. The number of aromatic nitrogens is 2. The van der Waals surface area contributed by atoms with Gasteiger partial charge in [-0.3, -0.25) is 10.4 Å². The largest absolute Gasteiger partial charge is 0.384 e. The van der Waals surface area contributed by atoms with Crippen LogP contribution in [0, 0.1) is 5.41 Å². The highest BCUT2D eigenvalue weighted by Gasteiger charge is 2.05. The summed E-state index contributed by atoms with van der Waals surface area (Å²) >= 11 is 0. The van der Waals surface area contributed by atoms with E-state index in [2.05, 4.69) is 9.97 Å². The highest BCUT2D eigenvalue weighted by atomic mass is 15.2. The van der Waals surface area contributed by atoms with Crippen molar-refractivity contribution < 1.29 is 0 Å². The van der Waals surface area contributed by atoms with Gasteiger partial charge >= 0.3 is 0 Å². The third-order valence-corrected chi connectivity index (χ3v) is 2.88. The number of anilines is 1. The van der Waals surface area contributed by atoms with Crippen molar-refractivity contribution in [2.45, 2.75) is 6.42 Å². The second-order valence-electron chi connectivity index (χ2n) is 4.31. The zero-order valence-corrected chi connectivity index (χ0v) is 10.9. The van der Waals surface area contributed by atoms with Crippen LogP contribution in [-0.4, -0.2) is 29.4 Å². The minimum Gasteiger partial charge on any atom is -0.384 e. The van der Waals surface area contributed by atoms with Crippen LogP contribution in [0.25, 0.3) is 0 Å². The average Bonchev–Trinajstić information content (AvgIpc) is 2.46. The second-order valence-corrected chi connectivity index (χ2v) is 4.31. The van der Waals surface area contributed by atoms with Crippen molar-refractivity contribution in [2.75, 3.05) is 18.5 Å². The van der Waals surface area contributed by atoms with Gasteiger partial charge in [-0.1, -0.05) is 6.07 Å². The summed E-state index contributed by atoms with van der Waals surface area (Å²) in [5, 5.41) is 7.43. The molecule has 2 rings (SSSR count). The lowest BCUT2D eigenvalue weighted by molar-refractivity contribution is 0.839. The van der Waals surface area contributed by atoms with E-state index in [0.29, 0.717) is 5.56 Å². The number of amidine groups is 1. The molecule has 19 heavy (non-hydrogen) atoms. The Morgan fingerprint density at radius 3 is 2.79 bits per heavy atom. The fraction of sp³-hybridized carbons (Fsp3) is 0.214. The third kappa shape index (κ3) is 3.51. The lowest BCUT2D eigenvalue weighted by Gasteiger charge is -2.18. The summed E-state index contributed by atoms with van der Waals surface area (Å²) in [6.45, 7) is 0.811. The monoisotopic (exact) mass is 255 g/mol. The van der Waals surface area contributed by atoms with Crippen LogP contribution in [0.5, 0.6) is 0 Å². The first-order chi connectivity index (χ1) is 9.16. The molecule has 0 saturated heterocycles. The highest BCUT2D eigenvalue weighted by molar-refractivity contribution is 5.95. The van der Waals surface area contributed by atoms with E-state index in [9.17, 15) is 0 Å². The molecule has 0 amide bonds. The van der Waals surface area contributed by atoms with Gasteiger partial charge in [0, 0.05) is 43.7 Å². The van der Waals surface area contributed by atoms with E-state index in [1.807, 2.05) is 36.2 Å². The molecule has 2 aromatic heterocycles. The van der Waals surface area contributed by atoms with Gasteiger partial charge in [-0.15, -0.1) is 0 Å². The minimum atomic E-state index is 0.0572. The van der Waals surface area contributed by atoms with Crippen LogP contribution in [-0.2, 0) is 6.42 Å². The first kappa shape index (κ1) is 13.0. The zero-order chi connectivity index (χ0) is 13.7. The Morgan fingerprint density at radius 1 is 1.26 bits per heavy atom. The fourth-order valence-corrected chi connectivity index (χ4v) is 1.74. The molecule has 0 bridgehead atoms. The SMILES string of the molecule is CN(CCc1ccccn1)c1cc(C(=N)N)ccn1. The van der Waals surface area contributed by atoms with Crippen LogP contribution in [0.3, 0.4) is 0 Å². The number of hydrogen-bond acceptors (Lipinski definition) is 4. The Bertz CT molecular complexity index is 553. The van der Waals surface area contributed by atoms with Gasteiger partial charge in [0.15, 0.2) is 0 Å². The molecule has 2 aromatic rings. The minimum absolute atomic E-state index is 0.0572. The lowest BCUT2D eigenvalue weighted by Crippen LogP contribution is -2.22. The molecular formula is C14H17N5. The van der Waals surface area contributed by atoms with E-state index in [1.165, 1.54) is 0 Å². The van der Waals surface area contributed by atoms with Gasteiger partial charge in [0.2, 0.25) is 0 Å². The van der Waals surface area contributed by atoms with Gasteiger partial charge in [-0.25, -0.2) is 4.98 Å². The molecule has 5 heteroatoms. The molecule has 0 radical (unpaired) electrons. The van der Waals surface area contributed by atoms with Gasteiger partial charge < -0.3 is 10.6 Å². The second kappa shape index (κ2) is 5.95. The summed E-state index contributed by atoms with van der Waals surface area (Å²) in [6, 6.07) is 9.45. The van der Waals surface area contributed by atoms with Crippen LogP contribution < -0.4 is 10.6 Å². The van der Waals surface area contributed by atoms with Crippen molar-refractivity contribution in [3.05, 3.63) is 54.0 Å². The summed E-state index contributed by atoms with van der Waals surface area (Å²) in [7, 11) is 1.97. The molecule has 3 N–H and O–H groups in total. The van der Waals surface area contributed by atoms with Crippen molar-refractivity contribution in [1.29, 1.82) is 5.41 Å². The van der Waals surface area contributed by atoms with Crippen LogP contribution in [0.15, 0.2) is 42.7 Å². The Kier molecular flexibility index (Phi) is 4.07. The van der Waals surface area contributed by atoms with Gasteiger partial charge in [0.25, 0.3) is 0 Å². The lowest BCUT2D eigenvalue weighted by atomic mass is 10.2. The molecule has 0 aromatic carbocycles. The Morgan fingerprint density at radius 2 is 2.11 bits per heavy atom. The molecule has 0 saturated carbocycles. The van der Waals surface area contributed by atoms with E-state index in [0.717, 1.165) is 24.5 Å². The summed E-state index contributed by atoms with van der Waals surface area (Å²) in [5.74, 6) is 0.866. The van der Waals surface area contributed by atoms with Crippen molar-refractivity contribution in [3.63, 3.8) is 0 Å². The normalized spacial score (nSPS) is 10.2. The Labute approximate surface area is 112 Å². The van der Waals surface area contributed by atoms with Crippen molar-refractivity contribution >= 4 is 11.7 Å². The molecular weight excluding hydrogens is 238 g/mol. The maximum atomic E-state index is 7.43. The molecule has 5 nitrogen and oxygen atoms in total. The first-order valence-electron chi connectivity index (χ1n) is 6.08. The quantitative estimate of drug-likeness (QED) is 0.626. The summed E-state index contributed by atoms with van der Waals surface area (Å²) in [6.07, 6.45) is 4.32. The van der Waals surface area contributed by atoms with Gasteiger partial charge in [0.1, 0.15) is 11.7 Å². The average molecular weight is 255 g/mol. The molecule has 0 spiro atoms. The molecule has 0 aliphatic carbocycles. The predicted octanol–water partition coefficient (Wildman–Crippen LogP) is 1.44. The van der Waals surface area contributed by atoms with Crippen molar-refractivity contribution in [3.8, 4) is 0 Å². The zero-order valence-electron chi connectivity index (χ0n) is 10.9. The standard InChI is InChI=1S/C14H17N5/c1-19(9-6-12-4-2-3-7-17-12)13-10-11(14(15)16)5-8-18-13/h2-5,7-8,10H,6,9H2,1H3,(H3,15,16). The van der Waals surface area contributed by atoms with Crippen molar-refractivity contribution in [2.24, 2.45) is 5.73 Å². The van der Waals surface area contributed by atoms with Crippen molar-refractivity contribution in [1.82, 2.24) is 9.97 Å². The Hall–Kier alpha value is -2.43. The molecule has 0 fully saturated rings. The van der Waals surface area contributed by atoms with Gasteiger partial charge in [0.05, 0.1) is 0 Å². The molecule has 0 aliphatic rings. The van der Waals surface area contributed by atoms with E-state index in [1.54, 1.807) is 18.5 Å². The Balaban J connectivity index is 2.02. The van der Waals surface area contributed by atoms with Crippen LogP contribution >= 0.6 is 0 Å². The number of rotatable bonds is 5. The molecule has 0 unspecified atom stereocenters. The van der Waals surface area contributed by atoms with Crippen LogP contribution in [0.2, 0.25) is 0 Å². The summed E-state index contributed by atoms with van der Waals surface area (Å²) in [5.41, 5.74) is 7.22. The highest BCUT2D eigenvalue weighted by Crippen LogP contribution is 2.11. The summed E-state index contributed by atoms with van der Waals surface area (Å²) in [4.78, 5) is 10.6. The fourth-order valence-electron chi connectivity index (χ4n) is 1.74. The maximum absolute atomic E-state index is 7.43. The topological polar surface area (TPSA) is 78.9 Å². The van der Waals surface area contributed by atoms with E-state index < -0.39 is 0 Å². The van der Waals surface area contributed by atoms with E-state index in [-0.39, 0.29) is 5.84 Å². The number of nitrogens with one attached hydrogen (secondary N) is 1. The maximum Gasteiger partial charge on any atom is 0.128 e. The molecule has 98 valence electrons. The van der Waals surface area contributed by atoms with Gasteiger partial charge in [-0.2, -0.15) is 0 Å². The smallest absolute Gasteiger partial charge is 0.128 e. The number of nitrogens with two attached hydrogens (primary N) is 1. The van der Waals surface area contributed by atoms with Crippen LogP contribution in [0.1, 0.15) is 11.3 Å². The van der Waals surface area contributed by atoms with E-state index in [4.69, 9.17) is 11.1 Å². The first-order valence-corrected chi connectivity index (χ1v) is 6.08. The summed E-state index contributed by atoms with van der Waals surface area (Å²) < 4.78 is 0. The third-order valence-electron chi connectivity index (χ3n) is 2.88. The molecule has 0 aliphatic heterocycles. The number of likely N-dealkylation sites (N-methyl/N-ethyl adjacent to an activating group) is 1.